The van der Waals surface area contributed by atoms with Gasteiger partial charge in [0.05, 0.1) is 25.1 Å². The number of amides is 1. The largest absolute Gasteiger partial charge is 0.627 e. The van der Waals surface area contributed by atoms with Crippen molar-refractivity contribution in [3.05, 3.63) is 63.9 Å². The second kappa shape index (κ2) is 11.2. The van der Waals surface area contributed by atoms with Crippen molar-refractivity contribution < 1.29 is 14.5 Å². The van der Waals surface area contributed by atoms with Crippen LogP contribution in [0.1, 0.15) is 32.1 Å². The molecule has 9 nitrogen and oxygen atoms in total. The number of nitro benzene ring substituents is 1. The molecule has 2 aliphatic rings. The van der Waals surface area contributed by atoms with E-state index in [2.05, 4.69) is 4.90 Å². The van der Waals surface area contributed by atoms with Crippen molar-refractivity contribution in [3.8, 4) is 5.75 Å². The minimum Gasteiger partial charge on any atom is -0.627 e. The van der Waals surface area contributed by atoms with Crippen LogP contribution in [0.2, 0.25) is 0 Å². The molecule has 2 aromatic rings. The van der Waals surface area contributed by atoms with E-state index in [0.29, 0.717) is 56.4 Å². The number of nitrogens with zero attached hydrogens (tertiary/aromatic N) is 4. The van der Waals surface area contributed by atoms with E-state index in [1.54, 1.807) is 36.3 Å². The lowest BCUT2D eigenvalue weighted by atomic mass is 9.88. The second-order valence-corrected chi connectivity index (χ2v) is 9.42. The van der Waals surface area contributed by atoms with Crippen molar-refractivity contribution in [1.82, 2.24) is 9.55 Å². The first-order valence-electron chi connectivity index (χ1n) is 12.4. The lowest BCUT2D eigenvalue weighted by molar-refractivity contribution is -0.384. The highest BCUT2D eigenvalue weighted by Gasteiger charge is 2.33. The maximum absolute atomic E-state index is 13.5. The summed E-state index contributed by atoms with van der Waals surface area (Å²) in [6.45, 7) is 2.81. The molecule has 0 unspecified atom stereocenters. The van der Waals surface area contributed by atoms with Gasteiger partial charge in [-0.25, -0.2) is 0 Å². The van der Waals surface area contributed by atoms with Gasteiger partial charge in [-0.1, -0.05) is 43.5 Å². The number of carbonyl (C=O) groups is 1. The lowest BCUT2D eigenvalue weighted by Gasteiger charge is -2.48. The van der Waals surface area contributed by atoms with E-state index in [-0.39, 0.29) is 17.5 Å². The highest BCUT2D eigenvalue weighted by atomic mass is 16.6. The number of nitro groups is 1. The molecule has 2 fully saturated rings. The summed E-state index contributed by atoms with van der Waals surface area (Å²) >= 11 is 0. The number of piperazine rings is 1. The maximum Gasteiger partial charge on any atom is 0.292 e. The van der Waals surface area contributed by atoms with E-state index in [4.69, 9.17) is 4.74 Å². The summed E-state index contributed by atoms with van der Waals surface area (Å²) in [4.78, 5) is 28.6. The lowest BCUT2D eigenvalue weighted by Crippen LogP contribution is -2.58. The van der Waals surface area contributed by atoms with Gasteiger partial charge in [0, 0.05) is 44.2 Å². The number of rotatable bonds is 8. The zero-order chi connectivity index (χ0) is 24.8. The van der Waals surface area contributed by atoms with Crippen molar-refractivity contribution in [1.29, 1.82) is 0 Å². The second-order valence-electron chi connectivity index (χ2n) is 9.42. The summed E-state index contributed by atoms with van der Waals surface area (Å²) in [6.07, 6.45) is 4.81. The molecule has 0 spiro atoms. The number of benzene rings is 2. The summed E-state index contributed by atoms with van der Waals surface area (Å²) in [5.74, 6) is 0.469. The average molecular weight is 483 g/mol. The first-order valence-corrected chi connectivity index (χ1v) is 12.4. The molecule has 2 aromatic carbocycles. The molecule has 4 rings (SSSR count). The normalized spacial score (nSPS) is 18.7. The first kappa shape index (κ1) is 25.1. The van der Waals surface area contributed by atoms with Gasteiger partial charge in [0.1, 0.15) is 5.69 Å². The fourth-order valence-corrected chi connectivity index (χ4v) is 5.27. The van der Waals surface area contributed by atoms with E-state index in [1.807, 2.05) is 18.2 Å². The maximum atomic E-state index is 13.5. The number of carbonyl (C=O) groups excluding carboxylic acids is 1. The van der Waals surface area contributed by atoms with Gasteiger partial charge in [-0.15, -0.1) is 0 Å². The Morgan fingerprint density at radius 2 is 1.74 bits per heavy atom. The Labute approximate surface area is 206 Å². The third kappa shape index (κ3) is 5.63. The number of hydroxylamine groups is 2. The molecule has 0 bridgehead atoms. The smallest absolute Gasteiger partial charge is 0.292 e. The molecule has 1 aliphatic heterocycles. The molecule has 0 radical (unpaired) electrons. The molecular formula is C26H34N4O5. The quantitative estimate of drug-likeness (QED) is 0.240. The fraction of sp³-hybridized carbons (Fsp3) is 0.500. The number of methoxy groups -OCH3 is 1. The fourth-order valence-electron chi connectivity index (χ4n) is 5.27. The number of hydrogen-bond donors (Lipinski definition) is 0. The van der Waals surface area contributed by atoms with Crippen molar-refractivity contribution in [2.75, 3.05) is 51.3 Å². The van der Waals surface area contributed by atoms with Crippen molar-refractivity contribution >= 4 is 23.0 Å². The summed E-state index contributed by atoms with van der Waals surface area (Å²) in [7, 11) is 1.57. The monoisotopic (exact) mass is 482 g/mol. The molecule has 35 heavy (non-hydrogen) atoms. The molecule has 188 valence electrons. The molecule has 9 heteroatoms. The SMILES string of the molecule is COc1ccccc1[N+]1([O-])CCN(CCN(C(=O)C2CCCCC2)c2ccccc2[N+](=O)[O-])CC1. The molecule has 1 saturated carbocycles. The Bertz CT molecular complexity index is 1030. The third-order valence-electron chi connectivity index (χ3n) is 7.31. The number of hydrogen-bond acceptors (Lipinski definition) is 6. The van der Waals surface area contributed by atoms with Gasteiger partial charge in [-0.05, 0) is 25.0 Å². The van der Waals surface area contributed by atoms with E-state index in [0.717, 1.165) is 32.1 Å². The predicted molar refractivity (Wildman–Crippen MR) is 136 cm³/mol. The van der Waals surface area contributed by atoms with E-state index in [1.165, 1.54) is 6.07 Å². The van der Waals surface area contributed by atoms with Crippen LogP contribution >= 0.6 is 0 Å². The van der Waals surface area contributed by atoms with Gasteiger partial charge >= 0.3 is 0 Å². The van der Waals surface area contributed by atoms with Gasteiger partial charge in [0.25, 0.3) is 5.69 Å². The van der Waals surface area contributed by atoms with Crippen LogP contribution < -0.4 is 14.3 Å². The molecular weight excluding hydrogens is 448 g/mol. The molecule has 1 aliphatic carbocycles. The van der Waals surface area contributed by atoms with Crippen LogP contribution in [-0.2, 0) is 4.79 Å². The van der Waals surface area contributed by atoms with Crippen LogP contribution in [0.5, 0.6) is 5.75 Å². The average Bonchev–Trinajstić information content (AvgIpc) is 2.90. The van der Waals surface area contributed by atoms with Gasteiger partial charge in [-0.2, -0.15) is 0 Å². The van der Waals surface area contributed by atoms with Gasteiger partial charge in [-0.3, -0.25) is 19.8 Å². The molecule has 1 saturated heterocycles. The van der Waals surface area contributed by atoms with Crippen LogP contribution in [0.3, 0.4) is 0 Å². The van der Waals surface area contributed by atoms with Crippen molar-refractivity contribution in [3.63, 3.8) is 0 Å². The standard InChI is InChI=1S/C26H34N4O5/c1-35-25-14-8-7-13-24(25)30(34)19-17-27(18-20-30)15-16-28(26(31)21-9-3-2-4-10-21)22-11-5-6-12-23(22)29(32)33/h5-8,11-14,21H,2-4,9-10,15-20H2,1H3. The molecule has 1 amide bonds. The predicted octanol–water partition coefficient (Wildman–Crippen LogP) is 4.34. The number of anilines is 1. The minimum atomic E-state index is -0.449. The summed E-state index contributed by atoms with van der Waals surface area (Å²) < 4.78 is 4.96. The minimum absolute atomic E-state index is 0.0287. The first-order chi connectivity index (χ1) is 16.9. The van der Waals surface area contributed by atoms with Crippen LogP contribution in [0, 0.1) is 21.2 Å². The van der Waals surface area contributed by atoms with E-state index in [9.17, 15) is 20.1 Å². The van der Waals surface area contributed by atoms with Gasteiger partial charge in [0.15, 0.2) is 11.4 Å². The number of para-hydroxylation sites is 4. The highest BCUT2D eigenvalue weighted by molar-refractivity contribution is 5.97. The van der Waals surface area contributed by atoms with Gasteiger partial charge < -0.3 is 19.5 Å². The topological polar surface area (TPSA) is 99.0 Å². The Morgan fingerprint density at radius 3 is 2.43 bits per heavy atom. The zero-order valence-electron chi connectivity index (χ0n) is 20.3. The Morgan fingerprint density at radius 1 is 1.09 bits per heavy atom. The summed E-state index contributed by atoms with van der Waals surface area (Å²) in [5.41, 5.74) is 0.929. The third-order valence-corrected chi connectivity index (χ3v) is 7.31. The van der Waals surface area contributed by atoms with Crippen LogP contribution in [0.4, 0.5) is 17.1 Å². The summed E-state index contributed by atoms with van der Waals surface area (Å²) in [5, 5.41) is 25.2. The molecule has 0 N–H and O–H groups in total. The van der Waals surface area contributed by atoms with Crippen LogP contribution in [0.25, 0.3) is 0 Å². The molecule has 1 heterocycles. The molecule has 0 aromatic heterocycles. The zero-order valence-corrected chi connectivity index (χ0v) is 20.3. The van der Waals surface area contributed by atoms with Gasteiger partial charge in [0.2, 0.25) is 5.91 Å². The highest BCUT2D eigenvalue weighted by Crippen LogP contribution is 2.35. The number of ether oxygens (including phenoxy) is 1. The Balaban J connectivity index is 1.47. The van der Waals surface area contributed by atoms with E-state index < -0.39 is 9.57 Å². The van der Waals surface area contributed by atoms with Crippen molar-refractivity contribution in [2.24, 2.45) is 5.92 Å². The van der Waals surface area contributed by atoms with Crippen molar-refractivity contribution in [2.45, 2.75) is 32.1 Å². The van der Waals surface area contributed by atoms with Crippen LogP contribution in [-0.4, -0.2) is 62.1 Å². The number of quaternary nitrogens is 1. The summed E-state index contributed by atoms with van der Waals surface area (Å²) in [6, 6.07) is 13.8. The van der Waals surface area contributed by atoms with Crippen LogP contribution in [0.15, 0.2) is 48.5 Å². The molecule has 0 atom stereocenters. The Kier molecular flexibility index (Phi) is 8.00. The Hall–Kier alpha value is -3.01. The van der Waals surface area contributed by atoms with E-state index >= 15 is 0 Å².